The number of thiophene rings is 1. The standard InChI is InChI=1S/C15H13N3OS/c19-15(10-13-5-2-8-20-13)17-12-4-1-3-11(9-12)14-6-7-16-18-14/h1-9H,10H2,(H,16,18)(H,17,19). The molecular formula is C15H13N3OS. The summed E-state index contributed by atoms with van der Waals surface area (Å²) in [6.07, 6.45) is 2.11. The molecule has 0 atom stereocenters. The number of amides is 1. The van der Waals surface area contributed by atoms with Gasteiger partial charge in [0.15, 0.2) is 0 Å². The number of aromatic amines is 1. The summed E-state index contributed by atoms with van der Waals surface area (Å²) in [5, 5.41) is 11.7. The van der Waals surface area contributed by atoms with Crippen LogP contribution in [0.15, 0.2) is 54.0 Å². The molecule has 0 radical (unpaired) electrons. The molecule has 0 saturated carbocycles. The van der Waals surface area contributed by atoms with Gasteiger partial charge in [-0.1, -0.05) is 18.2 Å². The molecule has 3 rings (SSSR count). The Hall–Kier alpha value is -2.40. The molecule has 20 heavy (non-hydrogen) atoms. The Morgan fingerprint density at radius 2 is 2.20 bits per heavy atom. The third-order valence-corrected chi connectivity index (χ3v) is 3.75. The highest BCUT2D eigenvalue weighted by Gasteiger charge is 2.06. The third-order valence-electron chi connectivity index (χ3n) is 2.87. The van der Waals surface area contributed by atoms with Gasteiger partial charge in [0.1, 0.15) is 0 Å². The van der Waals surface area contributed by atoms with Crippen molar-refractivity contribution in [3.63, 3.8) is 0 Å². The van der Waals surface area contributed by atoms with Crippen molar-refractivity contribution in [2.75, 3.05) is 5.32 Å². The van der Waals surface area contributed by atoms with E-state index in [-0.39, 0.29) is 5.91 Å². The van der Waals surface area contributed by atoms with Gasteiger partial charge < -0.3 is 5.32 Å². The lowest BCUT2D eigenvalue weighted by molar-refractivity contribution is -0.115. The van der Waals surface area contributed by atoms with Crippen molar-refractivity contribution in [3.05, 3.63) is 58.9 Å². The zero-order valence-electron chi connectivity index (χ0n) is 10.7. The average molecular weight is 283 g/mol. The quantitative estimate of drug-likeness (QED) is 0.771. The Bertz CT molecular complexity index is 690. The number of carbonyl (C=O) groups excluding carboxylic acids is 1. The molecule has 4 nitrogen and oxygen atoms in total. The molecule has 0 aliphatic rings. The predicted molar refractivity (Wildman–Crippen MR) is 80.7 cm³/mol. The van der Waals surface area contributed by atoms with E-state index in [0.717, 1.165) is 21.8 Å². The van der Waals surface area contributed by atoms with E-state index in [1.165, 1.54) is 0 Å². The fourth-order valence-electron chi connectivity index (χ4n) is 1.96. The average Bonchev–Trinajstić information content (AvgIpc) is 3.11. The van der Waals surface area contributed by atoms with Gasteiger partial charge in [0.05, 0.1) is 12.1 Å². The Morgan fingerprint density at radius 1 is 1.25 bits per heavy atom. The van der Waals surface area contributed by atoms with Crippen LogP contribution in [0.5, 0.6) is 0 Å². The number of nitrogens with one attached hydrogen (secondary N) is 2. The van der Waals surface area contributed by atoms with Crippen LogP contribution < -0.4 is 5.32 Å². The van der Waals surface area contributed by atoms with Gasteiger partial charge in [-0.25, -0.2) is 0 Å². The second kappa shape index (κ2) is 5.71. The van der Waals surface area contributed by atoms with Crippen LogP contribution in [0.2, 0.25) is 0 Å². The maximum Gasteiger partial charge on any atom is 0.229 e. The van der Waals surface area contributed by atoms with E-state index in [1.807, 2.05) is 47.8 Å². The first-order chi connectivity index (χ1) is 9.81. The lowest BCUT2D eigenvalue weighted by Gasteiger charge is -2.06. The molecular weight excluding hydrogens is 270 g/mol. The molecule has 0 bridgehead atoms. The normalized spacial score (nSPS) is 10.4. The van der Waals surface area contributed by atoms with Crippen LogP contribution in [-0.2, 0) is 11.2 Å². The van der Waals surface area contributed by atoms with Gasteiger partial charge in [0.25, 0.3) is 0 Å². The van der Waals surface area contributed by atoms with Gasteiger partial charge in [0, 0.05) is 22.3 Å². The molecule has 100 valence electrons. The lowest BCUT2D eigenvalue weighted by Crippen LogP contribution is -2.13. The van der Waals surface area contributed by atoms with Gasteiger partial charge in [-0.2, -0.15) is 5.10 Å². The highest BCUT2D eigenvalue weighted by molar-refractivity contribution is 7.10. The summed E-state index contributed by atoms with van der Waals surface area (Å²) >= 11 is 1.59. The first-order valence-electron chi connectivity index (χ1n) is 6.23. The second-order valence-electron chi connectivity index (χ2n) is 4.36. The van der Waals surface area contributed by atoms with E-state index in [2.05, 4.69) is 15.5 Å². The summed E-state index contributed by atoms with van der Waals surface area (Å²) < 4.78 is 0. The van der Waals surface area contributed by atoms with Crippen LogP contribution in [-0.4, -0.2) is 16.1 Å². The number of H-pyrrole nitrogens is 1. The Balaban J connectivity index is 1.71. The molecule has 1 amide bonds. The second-order valence-corrected chi connectivity index (χ2v) is 5.39. The highest BCUT2D eigenvalue weighted by Crippen LogP contribution is 2.20. The van der Waals surface area contributed by atoms with E-state index in [4.69, 9.17) is 0 Å². The van der Waals surface area contributed by atoms with Crippen LogP contribution in [0.1, 0.15) is 4.88 Å². The van der Waals surface area contributed by atoms with Gasteiger partial charge in [-0.05, 0) is 29.6 Å². The summed E-state index contributed by atoms with van der Waals surface area (Å²) in [6, 6.07) is 13.5. The lowest BCUT2D eigenvalue weighted by atomic mass is 10.1. The number of hydrogen-bond donors (Lipinski definition) is 2. The Morgan fingerprint density at radius 3 is 2.95 bits per heavy atom. The van der Waals surface area contributed by atoms with Crippen LogP contribution in [0.4, 0.5) is 5.69 Å². The van der Waals surface area contributed by atoms with E-state index >= 15 is 0 Å². The number of hydrogen-bond acceptors (Lipinski definition) is 3. The molecule has 0 saturated heterocycles. The summed E-state index contributed by atoms with van der Waals surface area (Å²) in [6.45, 7) is 0. The maximum atomic E-state index is 12.0. The molecule has 0 aliphatic carbocycles. The number of aromatic nitrogens is 2. The fraction of sp³-hybridized carbons (Fsp3) is 0.0667. The summed E-state index contributed by atoms with van der Waals surface area (Å²) in [4.78, 5) is 13.0. The zero-order chi connectivity index (χ0) is 13.8. The van der Waals surface area contributed by atoms with Crippen molar-refractivity contribution < 1.29 is 4.79 Å². The highest BCUT2D eigenvalue weighted by atomic mass is 32.1. The summed E-state index contributed by atoms with van der Waals surface area (Å²) in [7, 11) is 0. The summed E-state index contributed by atoms with van der Waals surface area (Å²) in [5.41, 5.74) is 2.72. The number of rotatable bonds is 4. The maximum absolute atomic E-state index is 12.0. The number of carbonyl (C=O) groups is 1. The minimum atomic E-state index is -0.00536. The first kappa shape index (κ1) is 12.6. The summed E-state index contributed by atoms with van der Waals surface area (Å²) in [5.74, 6) is -0.00536. The van der Waals surface area contributed by atoms with Gasteiger partial charge >= 0.3 is 0 Å². The number of anilines is 1. The van der Waals surface area contributed by atoms with Crippen molar-refractivity contribution in [1.29, 1.82) is 0 Å². The molecule has 1 aromatic carbocycles. The molecule has 5 heteroatoms. The fourth-order valence-corrected chi connectivity index (χ4v) is 2.66. The van der Waals surface area contributed by atoms with Gasteiger partial charge in [-0.3, -0.25) is 9.89 Å². The number of nitrogens with zero attached hydrogens (tertiary/aromatic N) is 1. The smallest absolute Gasteiger partial charge is 0.229 e. The molecule has 0 fully saturated rings. The molecule has 3 aromatic rings. The molecule has 2 heterocycles. The van der Waals surface area contributed by atoms with Crippen molar-refractivity contribution in [1.82, 2.24) is 10.2 Å². The SMILES string of the molecule is O=C(Cc1cccs1)Nc1cccc(-c2ccn[nH]2)c1. The molecule has 2 aromatic heterocycles. The first-order valence-corrected chi connectivity index (χ1v) is 7.11. The van der Waals surface area contributed by atoms with Crippen molar-refractivity contribution >= 4 is 22.9 Å². The predicted octanol–water partition coefficient (Wildman–Crippen LogP) is 3.32. The zero-order valence-corrected chi connectivity index (χ0v) is 11.5. The topological polar surface area (TPSA) is 57.8 Å². The van der Waals surface area contributed by atoms with E-state index < -0.39 is 0 Å². The van der Waals surface area contributed by atoms with Crippen LogP contribution in [0, 0.1) is 0 Å². The largest absolute Gasteiger partial charge is 0.326 e. The Kier molecular flexibility index (Phi) is 3.60. The van der Waals surface area contributed by atoms with Crippen LogP contribution in [0.3, 0.4) is 0 Å². The monoisotopic (exact) mass is 283 g/mol. The van der Waals surface area contributed by atoms with Gasteiger partial charge in [-0.15, -0.1) is 11.3 Å². The molecule has 0 spiro atoms. The minimum absolute atomic E-state index is 0.00536. The third kappa shape index (κ3) is 2.95. The van der Waals surface area contributed by atoms with Gasteiger partial charge in [0.2, 0.25) is 5.91 Å². The van der Waals surface area contributed by atoms with E-state index in [1.54, 1.807) is 17.5 Å². The van der Waals surface area contributed by atoms with Crippen LogP contribution in [0.25, 0.3) is 11.3 Å². The van der Waals surface area contributed by atoms with Crippen molar-refractivity contribution in [2.24, 2.45) is 0 Å². The van der Waals surface area contributed by atoms with Crippen molar-refractivity contribution in [2.45, 2.75) is 6.42 Å². The van der Waals surface area contributed by atoms with Crippen LogP contribution >= 0.6 is 11.3 Å². The van der Waals surface area contributed by atoms with E-state index in [0.29, 0.717) is 6.42 Å². The Labute approximate surface area is 120 Å². The molecule has 2 N–H and O–H groups in total. The van der Waals surface area contributed by atoms with Crippen molar-refractivity contribution in [3.8, 4) is 11.3 Å². The molecule has 0 unspecified atom stereocenters. The number of benzene rings is 1. The minimum Gasteiger partial charge on any atom is -0.326 e. The van der Waals surface area contributed by atoms with E-state index in [9.17, 15) is 4.79 Å². The molecule has 0 aliphatic heterocycles.